The molecule has 0 fully saturated rings. The van der Waals surface area contributed by atoms with E-state index in [1.54, 1.807) is 0 Å². The Morgan fingerprint density at radius 1 is 1.33 bits per heavy atom. The van der Waals surface area contributed by atoms with Crippen LogP contribution in [0.25, 0.3) is 11.4 Å². The minimum absolute atomic E-state index is 0.0745. The van der Waals surface area contributed by atoms with Crippen LogP contribution in [-0.4, -0.2) is 15.1 Å². The Hall–Kier alpha value is -1.62. The first kappa shape index (κ1) is 12.8. The van der Waals surface area contributed by atoms with Gasteiger partial charge in [0.25, 0.3) is 5.56 Å². The molecule has 0 bridgehead atoms. The summed E-state index contributed by atoms with van der Waals surface area (Å²) in [6.45, 7) is 3.67. The Kier molecular flexibility index (Phi) is 3.52. The second kappa shape index (κ2) is 4.94. The van der Waals surface area contributed by atoms with Crippen molar-refractivity contribution in [3.05, 3.63) is 44.7 Å². The van der Waals surface area contributed by atoms with E-state index in [9.17, 15) is 9.90 Å². The first-order valence-electron chi connectivity index (χ1n) is 5.58. The van der Waals surface area contributed by atoms with Gasteiger partial charge in [-0.3, -0.25) is 4.79 Å². The average Bonchev–Trinajstić information content (AvgIpc) is 2.27. The number of halogens is 1. The van der Waals surface area contributed by atoms with Gasteiger partial charge in [-0.15, -0.1) is 0 Å². The average molecular weight is 309 g/mol. The van der Waals surface area contributed by atoms with Crippen LogP contribution in [0, 0.1) is 0 Å². The number of nitrogens with zero attached hydrogens (tertiary/aromatic N) is 1. The molecule has 0 unspecified atom stereocenters. The van der Waals surface area contributed by atoms with Gasteiger partial charge in [0.2, 0.25) is 5.88 Å². The topological polar surface area (TPSA) is 66.0 Å². The van der Waals surface area contributed by atoms with E-state index in [-0.39, 0.29) is 17.4 Å². The maximum absolute atomic E-state index is 11.9. The van der Waals surface area contributed by atoms with Crippen LogP contribution in [0.5, 0.6) is 5.88 Å². The van der Waals surface area contributed by atoms with Gasteiger partial charge in [-0.2, -0.15) is 4.98 Å². The number of benzene rings is 1. The van der Waals surface area contributed by atoms with Crippen LogP contribution >= 0.6 is 15.9 Å². The summed E-state index contributed by atoms with van der Waals surface area (Å²) in [6.07, 6.45) is 0. The molecule has 0 amide bonds. The summed E-state index contributed by atoms with van der Waals surface area (Å²) in [5.74, 6) is 0.0726. The molecule has 0 aliphatic carbocycles. The van der Waals surface area contributed by atoms with Crippen LogP contribution in [-0.2, 0) is 0 Å². The van der Waals surface area contributed by atoms with Crippen molar-refractivity contribution in [3.63, 3.8) is 0 Å². The van der Waals surface area contributed by atoms with E-state index < -0.39 is 0 Å². The number of hydrogen-bond acceptors (Lipinski definition) is 3. The zero-order valence-electron chi connectivity index (χ0n) is 10.1. The largest absolute Gasteiger partial charge is 0.493 e. The molecule has 0 radical (unpaired) electrons. The number of aromatic hydroxyl groups is 1. The standard InChI is InChI=1S/C13H13BrN2O2/c1-7(2)10-12(17)15-11(16-13(10)18)8-5-3-4-6-9(8)14/h3-7H,1-2H3,(H2,15,16,17,18). The van der Waals surface area contributed by atoms with Crippen molar-refractivity contribution in [2.45, 2.75) is 19.8 Å². The second-order valence-electron chi connectivity index (χ2n) is 4.29. The third-order valence-electron chi connectivity index (χ3n) is 2.64. The number of rotatable bonds is 2. The molecule has 1 aromatic carbocycles. The fourth-order valence-corrected chi connectivity index (χ4v) is 2.24. The molecule has 0 aliphatic heterocycles. The molecule has 2 N–H and O–H groups in total. The van der Waals surface area contributed by atoms with Gasteiger partial charge < -0.3 is 10.1 Å². The summed E-state index contributed by atoms with van der Waals surface area (Å²) in [7, 11) is 0. The molecule has 0 aliphatic rings. The van der Waals surface area contributed by atoms with E-state index in [0.29, 0.717) is 11.4 Å². The third-order valence-corrected chi connectivity index (χ3v) is 3.33. The van der Waals surface area contributed by atoms with Gasteiger partial charge in [0.05, 0.1) is 5.56 Å². The summed E-state index contributed by atoms with van der Waals surface area (Å²) < 4.78 is 0.810. The third kappa shape index (κ3) is 2.31. The predicted octanol–water partition coefficient (Wildman–Crippen LogP) is 3.03. The zero-order valence-corrected chi connectivity index (χ0v) is 11.7. The van der Waals surface area contributed by atoms with Gasteiger partial charge in [0.1, 0.15) is 5.82 Å². The molecule has 1 heterocycles. The monoisotopic (exact) mass is 308 g/mol. The van der Waals surface area contributed by atoms with Crippen molar-refractivity contribution in [2.24, 2.45) is 0 Å². The molecule has 0 saturated heterocycles. The fourth-order valence-electron chi connectivity index (χ4n) is 1.77. The van der Waals surface area contributed by atoms with Crippen LogP contribution in [0.1, 0.15) is 25.3 Å². The quantitative estimate of drug-likeness (QED) is 0.896. The summed E-state index contributed by atoms with van der Waals surface area (Å²) in [6, 6.07) is 7.38. The molecule has 0 spiro atoms. The molecule has 2 rings (SSSR count). The van der Waals surface area contributed by atoms with Gasteiger partial charge >= 0.3 is 0 Å². The Morgan fingerprint density at radius 3 is 2.56 bits per heavy atom. The molecular weight excluding hydrogens is 296 g/mol. The van der Waals surface area contributed by atoms with Gasteiger partial charge in [-0.05, 0) is 12.0 Å². The Labute approximate surface area is 113 Å². The van der Waals surface area contributed by atoms with Gasteiger partial charge in [0, 0.05) is 10.0 Å². The lowest BCUT2D eigenvalue weighted by Gasteiger charge is -2.09. The van der Waals surface area contributed by atoms with Gasteiger partial charge in [-0.25, -0.2) is 0 Å². The van der Waals surface area contributed by atoms with Crippen molar-refractivity contribution >= 4 is 15.9 Å². The maximum atomic E-state index is 11.9. The lowest BCUT2D eigenvalue weighted by Crippen LogP contribution is -2.16. The van der Waals surface area contributed by atoms with Crippen molar-refractivity contribution in [1.82, 2.24) is 9.97 Å². The highest BCUT2D eigenvalue weighted by atomic mass is 79.9. The molecule has 0 saturated carbocycles. The summed E-state index contributed by atoms with van der Waals surface area (Å²) in [5.41, 5.74) is 0.745. The molecule has 5 heteroatoms. The lowest BCUT2D eigenvalue weighted by atomic mass is 10.1. The zero-order chi connectivity index (χ0) is 13.3. The van der Waals surface area contributed by atoms with E-state index in [0.717, 1.165) is 10.0 Å². The van der Waals surface area contributed by atoms with E-state index in [1.165, 1.54) is 0 Å². The Bertz CT molecular complexity index is 635. The van der Waals surface area contributed by atoms with E-state index in [1.807, 2.05) is 38.1 Å². The minimum Gasteiger partial charge on any atom is -0.493 e. The molecule has 18 heavy (non-hydrogen) atoms. The smallest absolute Gasteiger partial charge is 0.258 e. The van der Waals surface area contributed by atoms with E-state index in [2.05, 4.69) is 25.9 Å². The van der Waals surface area contributed by atoms with Crippen LogP contribution in [0.4, 0.5) is 0 Å². The number of H-pyrrole nitrogens is 1. The van der Waals surface area contributed by atoms with Crippen molar-refractivity contribution in [2.75, 3.05) is 0 Å². The molecule has 1 aromatic heterocycles. The first-order chi connectivity index (χ1) is 8.50. The van der Waals surface area contributed by atoms with Gasteiger partial charge in [-0.1, -0.05) is 48.0 Å². The van der Waals surface area contributed by atoms with Crippen LogP contribution in [0.3, 0.4) is 0 Å². The summed E-state index contributed by atoms with van der Waals surface area (Å²) in [5, 5.41) is 9.85. The normalized spacial score (nSPS) is 10.9. The molecular formula is C13H13BrN2O2. The lowest BCUT2D eigenvalue weighted by molar-refractivity contribution is 0.440. The maximum Gasteiger partial charge on any atom is 0.258 e. The van der Waals surface area contributed by atoms with Crippen molar-refractivity contribution < 1.29 is 5.11 Å². The SMILES string of the molecule is CC(C)c1c(O)nc(-c2ccccc2Br)[nH]c1=O. The fraction of sp³-hybridized carbons (Fsp3) is 0.231. The summed E-state index contributed by atoms with van der Waals surface area (Å²) >= 11 is 3.39. The molecule has 2 aromatic rings. The van der Waals surface area contributed by atoms with Gasteiger partial charge in [0.15, 0.2) is 0 Å². The first-order valence-corrected chi connectivity index (χ1v) is 6.38. The highest BCUT2D eigenvalue weighted by molar-refractivity contribution is 9.10. The van der Waals surface area contributed by atoms with Crippen LogP contribution in [0.15, 0.2) is 33.5 Å². The van der Waals surface area contributed by atoms with Crippen molar-refractivity contribution in [3.8, 4) is 17.3 Å². The molecule has 94 valence electrons. The minimum atomic E-state index is -0.303. The summed E-state index contributed by atoms with van der Waals surface area (Å²) in [4.78, 5) is 18.7. The second-order valence-corrected chi connectivity index (χ2v) is 5.14. The number of aromatic amines is 1. The Morgan fingerprint density at radius 2 is 2.00 bits per heavy atom. The highest BCUT2D eigenvalue weighted by Gasteiger charge is 2.15. The number of aromatic nitrogens is 2. The predicted molar refractivity (Wildman–Crippen MR) is 73.7 cm³/mol. The number of hydrogen-bond donors (Lipinski definition) is 2. The van der Waals surface area contributed by atoms with Crippen LogP contribution in [0.2, 0.25) is 0 Å². The van der Waals surface area contributed by atoms with E-state index >= 15 is 0 Å². The van der Waals surface area contributed by atoms with Crippen molar-refractivity contribution in [1.29, 1.82) is 0 Å². The Balaban J connectivity index is 2.63. The molecule has 4 nitrogen and oxygen atoms in total. The number of nitrogens with one attached hydrogen (secondary N) is 1. The van der Waals surface area contributed by atoms with E-state index in [4.69, 9.17) is 0 Å². The molecule has 0 atom stereocenters. The highest BCUT2D eigenvalue weighted by Crippen LogP contribution is 2.27. The van der Waals surface area contributed by atoms with Crippen LogP contribution < -0.4 is 5.56 Å².